The number of hydrogen-bond acceptors (Lipinski definition) is 14. The molecular formula is C63H87ClN12O8. The molecule has 4 fully saturated rings. The Labute approximate surface area is 499 Å². The number of nitrogens with one attached hydrogen (secondary N) is 5. The summed E-state index contributed by atoms with van der Waals surface area (Å²) >= 11 is 6.21. The van der Waals surface area contributed by atoms with Crippen LogP contribution in [0.15, 0.2) is 85.3 Å². The standard InChI is InChI=1S/C39H55ClN10O5.C24H32N2O3/c40-30-8-6-28(7-9-30)32(47-38(54)39(41)13-18-50(19-14-39)36-31-10-15-42-35(31)44-26-45-36)11-17-48-20-22-49(23-21-48)33(52)12-24-55-25-16-43-37(53)34(46-27-51)29-4-2-1-3-5-29;1-4-29-23-14-22(28-3)11-10-20(23)15-25-16-24(27)26-12-6-9-21(17-26)19-8-5-7-18(2)13-19/h6-10,15,26-27,29,32,34H,1-5,11-14,16-25,41H2,(H,43,53)(H,46,51)(H,47,54)(H,42,44,45);5,7-8,10-11,13-14,21,25H,4,6,9,12,15-17H2,1-3H3. The normalized spacial score (nSPS) is 18.2. The van der Waals surface area contributed by atoms with E-state index in [2.05, 4.69) is 77.2 Å². The van der Waals surface area contributed by atoms with Crippen molar-refractivity contribution >= 4 is 58.5 Å². The molecule has 7 N–H and O–H groups in total. The van der Waals surface area contributed by atoms with Crippen molar-refractivity contribution in [1.29, 1.82) is 0 Å². The first kappa shape index (κ1) is 63.2. The molecule has 4 aliphatic rings. The molecule has 454 valence electrons. The first-order valence-corrected chi connectivity index (χ1v) is 30.5. The van der Waals surface area contributed by atoms with E-state index in [1.165, 1.54) is 17.5 Å². The number of ether oxygens (including phenoxy) is 3. The lowest BCUT2D eigenvalue weighted by molar-refractivity contribution is -0.134. The molecule has 0 spiro atoms. The van der Waals surface area contributed by atoms with Crippen LogP contribution < -0.4 is 41.4 Å². The number of nitrogens with zero attached hydrogens (tertiary/aromatic N) is 6. The number of aryl methyl sites for hydroxylation is 1. The number of nitrogens with two attached hydrogens (primary N) is 1. The molecule has 3 aromatic carbocycles. The van der Waals surface area contributed by atoms with Gasteiger partial charge in [0, 0.05) is 101 Å². The van der Waals surface area contributed by atoms with Gasteiger partial charge in [0.15, 0.2) is 0 Å². The molecular weight excluding hydrogens is 1090 g/mol. The number of piperidine rings is 2. The Kier molecular flexibility index (Phi) is 24.0. The van der Waals surface area contributed by atoms with Crippen LogP contribution in [0.3, 0.4) is 0 Å². The summed E-state index contributed by atoms with van der Waals surface area (Å²) in [5.41, 5.74) is 11.2. The molecule has 21 heteroatoms. The van der Waals surface area contributed by atoms with Crippen LogP contribution >= 0.6 is 11.6 Å². The Bertz CT molecular complexity index is 2910. The SMILES string of the molecule is CCOc1cc(OC)ccc1CNCC(=O)N1CCCC(c2cccc(C)c2)C1.NC1(C(=O)NC(CCN2CCN(C(=O)CCOCCNC(=O)C(NC=O)C3CCCCC3)CC2)c2ccc(Cl)cc2)CCN(c2ncnc3[nH]ccc23)CC1. The summed E-state index contributed by atoms with van der Waals surface area (Å²) < 4.78 is 16.6. The van der Waals surface area contributed by atoms with Crippen molar-refractivity contribution in [2.24, 2.45) is 11.7 Å². The van der Waals surface area contributed by atoms with Crippen LogP contribution in [0.1, 0.15) is 112 Å². The molecule has 1 saturated carbocycles. The molecule has 3 unspecified atom stereocenters. The average Bonchev–Trinajstić information content (AvgIpc) is 3.44. The van der Waals surface area contributed by atoms with Crippen LogP contribution in [0.4, 0.5) is 5.82 Å². The van der Waals surface area contributed by atoms with Gasteiger partial charge in [0.2, 0.25) is 30.0 Å². The lowest BCUT2D eigenvalue weighted by atomic mass is 9.83. The van der Waals surface area contributed by atoms with Crippen molar-refractivity contribution in [2.45, 2.75) is 115 Å². The van der Waals surface area contributed by atoms with Crippen molar-refractivity contribution < 1.29 is 38.2 Å². The van der Waals surface area contributed by atoms with Crippen LogP contribution in [0.2, 0.25) is 5.02 Å². The number of piperazine rings is 1. The van der Waals surface area contributed by atoms with E-state index in [1.54, 1.807) is 13.4 Å². The van der Waals surface area contributed by atoms with E-state index >= 15 is 0 Å². The molecule has 84 heavy (non-hydrogen) atoms. The van der Waals surface area contributed by atoms with Crippen LogP contribution in [-0.2, 0) is 35.3 Å². The van der Waals surface area contributed by atoms with Gasteiger partial charge in [-0.3, -0.25) is 28.9 Å². The third-order valence-electron chi connectivity index (χ3n) is 16.9. The number of halogens is 1. The summed E-state index contributed by atoms with van der Waals surface area (Å²) in [5, 5.41) is 13.7. The maximum atomic E-state index is 13.8. The van der Waals surface area contributed by atoms with Crippen LogP contribution in [0, 0.1) is 12.8 Å². The first-order chi connectivity index (χ1) is 40.8. The van der Waals surface area contributed by atoms with Gasteiger partial charge in [-0.2, -0.15) is 0 Å². The average molecular weight is 1180 g/mol. The Morgan fingerprint density at radius 3 is 2.40 bits per heavy atom. The second-order valence-corrected chi connectivity index (χ2v) is 23.0. The Morgan fingerprint density at radius 2 is 1.67 bits per heavy atom. The molecule has 2 aromatic heterocycles. The molecule has 0 radical (unpaired) electrons. The number of likely N-dealkylation sites (tertiary alicyclic amines) is 1. The Morgan fingerprint density at radius 1 is 0.881 bits per heavy atom. The first-order valence-electron chi connectivity index (χ1n) is 30.1. The number of hydrogen-bond donors (Lipinski definition) is 6. The molecule has 20 nitrogen and oxygen atoms in total. The number of aromatic amines is 1. The minimum atomic E-state index is -1.01. The van der Waals surface area contributed by atoms with Gasteiger partial charge in [0.05, 0.1) is 56.9 Å². The second kappa shape index (κ2) is 31.9. The summed E-state index contributed by atoms with van der Waals surface area (Å²) in [7, 11) is 1.64. The summed E-state index contributed by atoms with van der Waals surface area (Å²) in [4.78, 5) is 83.6. The van der Waals surface area contributed by atoms with Gasteiger partial charge in [-0.15, -0.1) is 0 Å². The molecule has 3 atom stereocenters. The fraction of sp³-hybridized carbons (Fsp3) is 0.540. The van der Waals surface area contributed by atoms with Crippen LogP contribution in [0.5, 0.6) is 11.5 Å². The van der Waals surface area contributed by atoms with Gasteiger partial charge in [-0.05, 0) is 100 Å². The van der Waals surface area contributed by atoms with Crippen molar-refractivity contribution in [1.82, 2.24) is 50.9 Å². The van der Waals surface area contributed by atoms with Crippen LogP contribution in [-0.4, -0.2) is 170 Å². The van der Waals surface area contributed by atoms with Gasteiger partial charge in [-0.1, -0.05) is 78.9 Å². The number of anilines is 1. The number of amides is 5. The number of fused-ring (bicyclic) bond motifs is 1. The predicted octanol–water partition coefficient (Wildman–Crippen LogP) is 6.42. The number of carbonyl (C=O) groups is 5. The van der Waals surface area contributed by atoms with Gasteiger partial charge in [0.1, 0.15) is 35.3 Å². The zero-order valence-electron chi connectivity index (χ0n) is 49.3. The minimum absolute atomic E-state index is 0.0408. The van der Waals surface area contributed by atoms with E-state index in [-0.39, 0.29) is 48.6 Å². The maximum absolute atomic E-state index is 13.8. The predicted molar refractivity (Wildman–Crippen MR) is 326 cm³/mol. The highest BCUT2D eigenvalue weighted by molar-refractivity contribution is 6.30. The van der Waals surface area contributed by atoms with E-state index in [0.29, 0.717) is 95.6 Å². The van der Waals surface area contributed by atoms with Crippen molar-refractivity contribution in [2.75, 3.05) is 104 Å². The van der Waals surface area contributed by atoms with Gasteiger partial charge in [-0.25, -0.2) is 9.97 Å². The van der Waals surface area contributed by atoms with E-state index in [9.17, 15) is 24.0 Å². The van der Waals surface area contributed by atoms with E-state index in [0.717, 1.165) is 111 Å². The number of rotatable bonds is 25. The smallest absolute Gasteiger partial charge is 0.242 e. The molecule has 5 amide bonds. The molecule has 5 aromatic rings. The highest BCUT2D eigenvalue weighted by Crippen LogP contribution is 2.32. The molecule has 3 aliphatic heterocycles. The number of aromatic nitrogens is 3. The zero-order valence-corrected chi connectivity index (χ0v) is 50.0. The van der Waals surface area contributed by atoms with E-state index in [1.807, 2.05) is 71.5 Å². The van der Waals surface area contributed by atoms with E-state index < -0.39 is 11.6 Å². The maximum Gasteiger partial charge on any atom is 0.242 e. The third-order valence-corrected chi connectivity index (χ3v) is 17.1. The fourth-order valence-corrected chi connectivity index (χ4v) is 12.1. The molecule has 5 heterocycles. The lowest BCUT2D eigenvalue weighted by Crippen LogP contribution is -2.60. The zero-order chi connectivity index (χ0) is 59.3. The Balaban J connectivity index is 0.000000266. The molecule has 0 bridgehead atoms. The monoisotopic (exact) mass is 1170 g/mol. The minimum Gasteiger partial charge on any atom is -0.497 e. The highest BCUT2D eigenvalue weighted by Gasteiger charge is 2.40. The topological polar surface area (TPSA) is 242 Å². The molecule has 9 rings (SSSR count). The summed E-state index contributed by atoms with van der Waals surface area (Å²) in [6.07, 6.45) is 13.3. The van der Waals surface area contributed by atoms with Crippen molar-refractivity contribution in [3.05, 3.63) is 113 Å². The number of methoxy groups -OCH3 is 1. The van der Waals surface area contributed by atoms with Gasteiger partial charge < -0.3 is 60.9 Å². The number of carbonyl (C=O) groups excluding carboxylic acids is 5. The quantitative estimate of drug-likeness (QED) is 0.0273. The fourth-order valence-electron chi connectivity index (χ4n) is 12.0. The summed E-state index contributed by atoms with van der Waals surface area (Å²) in [6, 6.07) is 23.2. The number of benzene rings is 3. The van der Waals surface area contributed by atoms with Crippen LogP contribution in [0.25, 0.3) is 11.0 Å². The van der Waals surface area contributed by atoms with Gasteiger partial charge >= 0.3 is 0 Å². The number of H-pyrrole nitrogens is 1. The Hall–Kier alpha value is -6.84. The molecule has 3 saturated heterocycles. The largest absolute Gasteiger partial charge is 0.497 e. The summed E-state index contributed by atoms with van der Waals surface area (Å²) in [5.74, 6) is 2.85. The summed E-state index contributed by atoms with van der Waals surface area (Å²) in [6.45, 7) is 12.7. The van der Waals surface area contributed by atoms with Crippen molar-refractivity contribution in [3.8, 4) is 11.5 Å². The molecule has 1 aliphatic carbocycles. The third kappa shape index (κ3) is 17.9. The van der Waals surface area contributed by atoms with E-state index in [4.69, 9.17) is 31.5 Å². The highest BCUT2D eigenvalue weighted by atomic mass is 35.5. The van der Waals surface area contributed by atoms with Gasteiger partial charge in [0.25, 0.3) is 0 Å². The lowest BCUT2D eigenvalue weighted by Gasteiger charge is -2.39. The van der Waals surface area contributed by atoms with Crippen molar-refractivity contribution in [3.63, 3.8) is 0 Å². The second-order valence-electron chi connectivity index (χ2n) is 22.6.